The fourth-order valence-electron chi connectivity index (χ4n) is 1.78. The molecule has 104 valence electrons. The summed E-state index contributed by atoms with van der Waals surface area (Å²) >= 11 is 3.50. The molecule has 0 bridgehead atoms. The van der Waals surface area contributed by atoms with Crippen molar-refractivity contribution < 1.29 is 9.53 Å². The zero-order chi connectivity index (χ0) is 14.7. The van der Waals surface area contributed by atoms with Crippen molar-refractivity contribution in [2.45, 2.75) is 6.92 Å². The Bertz CT molecular complexity index is 656. The predicted molar refractivity (Wildman–Crippen MR) is 84.4 cm³/mol. The highest BCUT2D eigenvalue weighted by molar-refractivity contribution is 9.10. The molecule has 0 saturated heterocycles. The number of halogens is 1. The first-order valence-corrected chi connectivity index (χ1v) is 6.81. The van der Waals surface area contributed by atoms with Gasteiger partial charge in [-0.3, -0.25) is 0 Å². The summed E-state index contributed by atoms with van der Waals surface area (Å²) in [5.41, 5.74) is 9.64. The van der Waals surface area contributed by atoms with Crippen molar-refractivity contribution in [3.63, 3.8) is 0 Å². The van der Waals surface area contributed by atoms with Crippen LogP contribution in [0.2, 0.25) is 0 Å². The smallest absolute Gasteiger partial charge is 0.337 e. The van der Waals surface area contributed by atoms with E-state index in [1.165, 1.54) is 7.11 Å². The highest BCUT2D eigenvalue weighted by atomic mass is 79.9. The van der Waals surface area contributed by atoms with E-state index >= 15 is 0 Å². The third-order valence-corrected chi connectivity index (χ3v) is 3.52. The van der Waals surface area contributed by atoms with Crippen LogP contribution in [0.5, 0.6) is 0 Å². The van der Waals surface area contributed by atoms with Gasteiger partial charge in [-0.1, -0.05) is 6.07 Å². The van der Waals surface area contributed by atoms with E-state index in [1.54, 1.807) is 18.2 Å². The average Bonchev–Trinajstić information content (AvgIpc) is 2.43. The maximum atomic E-state index is 11.5. The summed E-state index contributed by atoms with van der Waals surface area (Å²) in [7, 11) is 1.35. The van der Waals surface area contributed by atoms with Crippen molar-refractivity contribution >= 4 is 39.0 Å². The molecule has 0 heterocycles. The number of carbonyl (C=O) groups excluding carboxylic acids is 1. The molecule has 0 aliphatic heterocycles. The molecule has 0 amide bonds. The monoisotopic (exact) mass is 334 g/mol. The first-order chi connectivity index (χ1) is 9.51. The van der Waals surface area contributed by atoms with Gasteiger partial charge in [-0.05, 0) is 58.7 Å². The Hall–Kier alpha value is -2.01. The molecule has 2 rings (SSSR count). The Kier molecular flexibility index (Phi) is 4.29. The first-order valence-electron chi connectivity index (χ1n) is 6.02. The second-order valence-corrected chi connectivity index (χ2v) is 5.26. The zero-order valence-corrected chi connectivity index (χ0v) is 12.8. The zero-order valence-electron chi connectivity index (χ0n) is 11.2. The molecule has 4 nitrogen and oxygen atoms in total. The number of esters is 1. The van der Waals surface area contributed by atoms with Crippen LogP contribution in [0.4, 0.5) is 17.1 Å². The van der Waals surface area contributed by atoms with E-state index in [9.17, 15) is 4.79 Å². The summed E-state index contributed by atoms with van der Waals surface area (Å²) in [4.78, 5) is 11.5. The van der Waals surface area contributed by atoms with Crippen LogP contribution >= 0.6 is 15.9 Å². The van der Waals surface area contributed by atoms with E-state index in [1.807, 2.05) is 25.1 Å². The van der Waals surface area contributed by atoms with Gasteiger partial charge in [0.15, 0.2) is 0 Å². The van der Waals surface area contributed by atoms with Gasteiger partial charge in [0.1, 0.15) is 0 Å². The van der Waals surface area contributed by atoms with Crippen molar-refractivity contribution in [3.05, 3.63) is 52.0 Å². The van der Waals surface area contributed by atoms with E-state index < -0.39 is 5.97 Å². The third kappa shape index (κ3) is 3.11. The van der Waals surface area contributed by atoms with E-state index in [0.717, 1.165) is 15.7 Å². The standard InChI is InChI=1S/C15H15BrN2O2/c1-9-3-6-13(11(16)7-9)18-14-8-10(15(19)20-2)4-5-12(14)17/h3-8,18H,17H2,1-2H3. The lowest BCUT2D eigenvalue weighted by Crippen LogP contribution is -2.04. The normalized spacial score (nSPS) is 10.2. The maximum absolute atomic E-state index is 11.5. The molecule has 0 radical (unpaired) electrons. The van der Waals surface area contributed by atoms with Gasteiger partial charge in [0.25, 0.3) is 0 Å². The Balaban J connectivity index is 2.35. The van der Waals surface area contributed by atoms with Gasteiger partial charge in [-0.25, -0.2) is 4.79 Å². The van der Waals surface area contributed by atoms with Gasteiger partial charge in [-0.15, -0.1) is 0 Å². The molecule has 2 aromatic carbocycles. The number of hydrogen-bond acceptors (Lipinski definition) is 4. The van der Waals surface area contributed by atoms with Crippen molar-refractivity contribution in [3.8, 4) is 0 Å². The lowest BCUT2D eigenvalue weighted by molar-refractivity contribution is 0.0601. The van der Waals surface area contributed by atoms with Crippen molar-refractivity contribution in [2.24, 2.45) is 0 Å². The molecule has 0 aliphatic carbocycles. The second kappa shape index (κ2) is 5.96. The number of rotatable bonds is 3. The summed E-state index contributed by atoms with van der Waals surface area (Å²) in [5, 5.41) is 3.21. The third-order valence-electron chi connectivity index (χ3n) is 2.87. The number of nitrogens with two attached hydrogens (primary N) is 1. The van der Waals surface area contributed by atoms with Gasteiger partial charge >= 0.3 is 5.97 Å². The van der Waals surface area contributed by atoms with Crippen LogP contribution in [-0.4, -0.2) is 13.1 Å². The minimum atomic E-state index is -0.393. The number of ether oxygens (including phenoxy) is 1. The average molecular weight is 335 g/mol. The van der Waals surface area contributed by atoms with Gasteiger partial charge in [0.2, 0.25) is 0 Å². The summed E-state index contributed by atoms with van der Waals surface area (Å²) in [6.07, 6.45) is 0. The van der Waals surface area contributed by atoms with Crippen LogP contribution in [0.25, 0.3) is 0 Å². The van der Waals surface area contributed by atoms with E-state index in [2.05, 4.69) is 21.2 Å². The SMILES string of the molecule is COC(=O)c1ccc(N)c(Nc2ccc(C)cc2Br)c1. The number of anilines is 3. The van der Waals surface area contributed by atoms with Gasteiger partial charge < -0.3 is 15.8 Å². The quantitative estimate of drug-likeness (QED) is 0.660. The van der Waals surface area contributed by atoms with Gasteiger partial charge in [0, 0.05) is 4.47 Å². The number of aryl methyl sites for hydroxylation is 1. The Morgan fingerprint density at radius 3 is 2.60 bits per heavy atom. The number of methoxy groups -OCH3 is 1. The molecule has 3 N–H and O–H groups in total. The highest BCUT2D eigenvalue weighted by Gasteiger charge is 2.09. The molecule has 0 aliphatic rings. The molecule has 0 unspecified atom stereocenters. The molecule has 0 aromatic heterocycles. The number of nitrogen functional groups attached to an aromatic ring is 1. The van der Waals surface area contributed by atoms with Crippen molar-refractivity contribution in [2.75, 3.05) is 18.2 Å². The minimum absolute atomic E-state index is 0.393. The van der Waals surface area contributed by atoms with Crippen LogP contribution < -0.4 is 11.1 Å². The summed E-state index contributed by atoms with van der Waals surface area (Å²) < 4.78 is 5.63. The molecular weight excluding hydrogens is 320 g/mol. The van der Waals surface area contributed by atoms with Crippen molar-refractivity contribution in [1.29, 1.82) is 0 Å². The van der Waals surface area contributed by atoms with Crippen molar-refractivity contribution in [1.82, 2.24) is 0 Å². The lowest BCUT2D eigenvalue weighted by atomic mass is 10.1. The fraction of sp³-hybridized carbons (Fsp3) is 0.133. The molecule has 0 spiro atoms. The predicted octanol–water partition coefficient (Wildman–Crippen LogP) is 3.87. The Morgan fingerprint density at radius 1 is 1.20 bits per heavy atom. The minimum Gasteiger partial charge on any atom is -0.465 e. The summed E-state index contributed by atoms with van der Waals surface area (Å²) in [6, 6.07) is 10.9. The van der Waals surface area contributed by atoms with Crippen LogP contribution in [0, 0.1) is 6.92 Å². The molecule has 20 heavy (non-hydrogen) atoms. The van der Waals surface area contributed by atoms with E-state index in [0.29, 0.717) is 16.9 Å². The van der Waals surface area contributed by atoms with E-state index in [-0.39, 0.29) is 0 Å². The van der Waals surface area contributed by atoms with E-state index in [4.69, 9.17) is 10.5 Å². The van der Waals surface area contributed by atoms with Gasteiger partial charge in [-0.2, -0.15) is 0 Å². The number of nitrogens with one attached hydrogen (secondary N) is 1. The van der Waals surface area contributed by atoms with Crippen LogP contribution in [0.15, 0.2) is 40.9 Å². The van der Waals surface area contributed by atoms with Crippen LogP contribution in [0.1, 0.15) is 15.9 Å². The lowest BCUT2D eigenvalue weighted by Gasteiger charge is -2.12. The van der Waals surface area contributed by atoms with Crippen LogP contribution in [0.3, 0.4) is 0 Å². The number of carbonyl (C=O) groups is 1. The molecule has 0 fully saturated rings. The maximum Gasteiger partial charge on any atom is 0.337 e. The van der Waals surface area contributed by atoms with Crippen LogP contribution in [-0.2, 0) is 4.74 Å². The molecule has 5 heteroatoms. The highest BCUT2D eigenvalue weighted by Crippen LogP contribution is 2.30. The Labute approximate surface area is 126 Å². The summed E-state index contributed by atoms with van der Waals surface area (Å²) in [5.74, 6) is -0.393. The topological polar surface area (TPSA) is 64.3 Å². The Morgan fingerprint density at radius 2 is 1.95 bits per heavy atom. The molecule has 0 atom stereocenters. The number of hydrogen-bond donors (Lipinski definition) is 2. The molecule has 2 aromatic rings. The second-order valence-electron chi connectivity index (χ2n) is 4.40. The summed E-state index contributed by atoms with van der Waals surface area (Å²) in [6.45, 7) is 2.01. The molecule has 0 saturated carbocycles. The molecular formula is C15H15BrN2O2. The number of benzene rings is 2. The largest absolute Gasteiger partial charge is 0.465 e. The van der Waals surface area contributed by atoms with Gasteiger partial charge in [0.05, 0.1) is 29.7 Å². The first kappa shape index (κ1) is 14.4. The fourth-order valence-corrected chi connectivity index (χ4v) is 2.37.